The molecular formula is C12H22O5. The smallest absolute Gasteiger partial charge is 0.306 e. The van der Waals surface area contributed by atoms with Crippen molar-refractivity contribution in [1.29, 1.82) is 0 Å². The Bertz CT molecular complexity index is 184. The van der Waals surface area contributed by atoms with Crippen LogP contribution in [0.3, 0.4) is 0 Å². The highest BCUT2D eigenvalue weighted by atomic mass is 16.7. The van der Waals surface area contributed by atoms with Crippen molar-refractivity contribution >= 4 is 5.97 Å². The molecule has 0 amide bonds. The van der Waals surface area contributed by atoms with Gasteiger partial charge in [0.2, 0.25) is 0 Å². The second kappa shape index (κ2) is 11.8. The van der Waals surface area contributed by atoms with Gasteiger partial charge in [-0.05, 0) is 25.7 Å². The van der Waals surface area contributed by atoms with E-state index in [1.165, 1.54) is 0 Å². The largest absolute Gasteiger partial charge is 0.462 e. The van der Waals surface area contributed by atoms with Crippen molar-refractivity contribution in [2.75, 3.05) is 20.0 Å². The van der Waals surface area contributed by atoms with Crippen LogP contribution >= 0.6 is 0 Å². The summed E-state index contributed by atoms with van der Waals surface area (Å²) in [6.07, 6.45) is 2.75. The fourth-order valence-corrected chi connectivity index (χ4v) is 1.34. The summed E-state index contributed by atoms with van der Waals surface area (Å²) in [5, 5.41) is 10.3. The zero-order valence-corrected chi connectivity index (χ0v) is 10.5. The van der Waals surface area contributed by atoms with Crippen molar-refractivity contribution in [2.24, 2.45) is 0 Å². The summed E-state index contributed by atoms with van der Waals surface area (Å²) >= 11 is 0. The first-order chi connectivity index (χ1) is 8.24. The van der Waals surface area contributed by atoms with Gasteiger partial charge in [0.05, 0.1) is 13.7 Å². The maximum Gasteiger partial charge on any atom is 0.306 e. The molecule has 0 aromatic heterocycles. The third-order valence-electron chi connectivity index (χ3n) is 2.26. The number of rotatable bonds is 11. The molecule has 100 valence electrons. The van der Waals surface area contributed by atoms with Gasteiger partial charge in [-0.15, -0.1) is 0 Å². The Kier molecular flexibility index (Phi) is 11.4. The zero-order valence-electron chi connectivity index (χ0n) is 10.5. The Labute approximate surface area is 103 Å². The second-order valence-electron chi connectivity index (χ2n) is 3.70. The number of hydrogen-bond donors (Lipinski definition) is 0. The van der Waals surface area contributed by atoms with Crippen LogP contribution in [0.25, 0.3) is 0 Å². The molecule has 0 aromatic rings. The van der Waals surface area contributed by atoms with Crippen LogP contribution in [0.4, 0.5) is 0 Å². The molecule has 0 saturated carbocycles. The minimum absolute atomic E-state index is 0.118. The van der Waals surface area contributed by atoms with E-state index >= 15 is 0 Å². The van der Waals surface area contributed by atoms with Crippen molar-refractivity contribution in [3.63, 3.8) is 0 Å². The van der Waals surface area contributed by atoms with E-state index < -0.39 is 0 Å². The van der Waals surface area contributed by atoms with Crippen LogP contribution in [0.15, 0.2) is 0 Å². The van der Waals surface area contributed by atoms with Gasteiger partial charge in [0.25, 0.3) is 0 Å². The first-order valence-corrected chi connectivity index (χ1v) is 5.96. The van der Waals surface area contributed by atoms with E-state index in [4.69, 9.17) is 9.47 Å². The number of carbonyl (C=O) groups is 1. The fraction of sp³-hybridized carbons (Fsp3) is 0.833. The molecule has 5 nitrogen and oxygen atoms in total. The number of ether oxygens (including phenoxy) is 3. The number of esters is 1. The molecule has 0 N–H and O–H groups in total. The maximum atomic E-state index is 11.4. The summed E-state index contributed by atoms with van der Waals surface area (Å²) in [6.45, 7) is 2.41. The molecule has 17 heavy (non-hydrogen) atoms. The molecule has 0 aliphatic heterocycles. The zero-order chi connectivity index (χ0) is 12.9. The standard InChI is InChI=1S/C12H22O5/c1-3-11(6-4-8-13)17-12(14)7-5-9-16-10-15-2/h11H,2-10H2,1H3. The topological polar surface area (TPSA) is 64.7 Å². The molecule has 0 aliphatic rings. The highest BCUT2D eigenvalue weighted by Crippen LogP contribution is 2.08. The van der Waals surface area contributed by atoms with E-state index in [-0.39, 0.29) is 25.5 Å². The van der Waals surface area contributed by atoms with E-state index in [0.717, 1.165) is 6.42 Å². The monoisotopic (exact) mass is 246 g/mol. The van der Waals surface area contributed by atoms with E-state index in [2.05, 4.69) is 11.8 Å². The van der Waals surface area contributed by atoms with Gasteiger partial charge in [-0.25, -0.2) is 5.11 Å². The molecule has 0 aromatic carbocycles. The SMILES string of the molecule is [CH2]OCOCCCC(=O)OC(CC)CCC[O]. The van der Waals surface area contributed by atoms with Crippen molar-refractivity contribution in [3.05, 3.63) is 7.11 Å². The van der Waals surface area contributed by atoms with E-state index in [9.17, 15) is 9.90 Å². The lowest BCUT2D eigenvalue weighted by atomic mass is 10.1. The summed E-state index contributed by atoms with van der Waals surface area (Å²) in [6, 6.07) is 0. The van der Waals surface area contributed by atoms with Gasteiger partial charge in [0, 0.05) is 13.0 Å². The molecule has 0 saturated heterocycles. The molecule has 0 bridgehead atoms. The highest BCUT2D eigenvalue weighted by molar-refractivity contribution is 5.69. The summed E-state index contributed by atoms with van der Waals surface area (Å²) in [4.78, 5) is 11.4. The lowest BCUT2D eigenvalue weighted by Gasteiger charge is -2.15. The second-order valence-corrected chi connectivity index (χ2v) is 3.70. The summed E-state index contributed by atoms with van der Waals surface area (Å²) in [7, 11) is 3.16. The normalized spacial score (nSPS) is 12.4. The van der Waals surface area contributed by atoms with Gasteiger partial charge in [0.15, 0.2) is 0 Å². The Morgan fingerprint density at radius 1 is 1.35 bits per heavy atom. The molecule has 1 unspecified atom stereocenters. The van der Waals surface area contributed by atoms with Crippen LogP contribution in [0.1, 0.15) is 39.0 Å². The Balaban J connectivity index is 3.53. The van der Waals surface area contributed by atoms with Gasteiger partial charge in [-0.3, -0.25) is 4.79 Å². The quantitative estimate of drug-likeness (QED) is 0.318. The van der Waals surface area contributed by atoms with Crippen molar-refractivity contribution in [1.82, 2.24) is 0 Å². The number of carbonyl (C=O) groups excluding carboxylic acids is 1. The van der Waals surface area contributed by atoms with Gasteiger partial charge in [-0.2, -0.15) is 0 Å². The van der Waals surface area contributed by atoms with E-state index in [1.54, 1.807) is 0 Å². The molecule has 0 fully saturated rings. The summed E-state index contributed by atoms with van der Waals surface area (Å²) < 4.78 is 14.7. The predicted octanol–water partition coefficient (Wildman–Crippen LogP) is 2.08. The van der Waals surface area contributed by atoms with Crippen molar-refractivity contribution in [3.8, 4) is 0 Å². The van der Waals surface area contributed by atoms with Crippen LogP contribution in [0.2, 0.25) is 0 Å². The van der Waals surface area contributed by atoms with Crippen LogP contribution in [-0.4, -0.2) is 32.1 Å². The Morgan fingerprint density at radius 2 is 2.12 bits per heavy atom. The lowest BCUT2D eigenvalue weighted by Crippen LogP contribution is -2.18. The number of hydrogen-bond acceptors (Lipinski definition) is 4. The average molecular weight is 246 g/mol. The molecule has 0 rings (SSSR count). The van der Waals surface area contributed by atoms with Crippen molar-refractivity contribution < 1.29 is 24.1 Å². The third kappa shape index (κ3) is 10.2. The molecule has 0 aliphatic carbocycles. The summed E-state index contributed by atoms with van der Waals surface area (Å²) in [5.74, 6) is -0.234. The molecule has 1 atom stereocenters. The van der Waals surface area contributed by atoms with Crippen molar-refractivity contribution in [2.45, 2.75) is 45.1 Å². The minimum Gasteiger partial charge on any atom is -0.462 e. The van der Waals surface area contributed by atoms with Crippen LogP contribution < -0.4 is 0 Å². The first kappa shape index (κ1) is 16.4. The minimum atomic E-state index is -0.234. The molecule has 2 radical (unpaired) electrons. The molecular weight excluding hydrogens is 224 g/mol. The van der Waals surface area contributed by atoms with Crippen LogP contribution in [-0.2, 0) is 24.1 Å². The lowest BCUT2D eigenvalue weighted by molar-refractivity contribution is -0.150. The molecule has 0 heterocycles. The predicted molar refractivity (Wildman–Crippen MR) is 61.5 cm³/mol. The average Bonchev–Trinajstić information content (AvgIpc) is 2.34. The fourth-order valence-electron chi connectivity index (χ4n) is 1.34. The first-order valence-electron chi connectivity index (χ1n) is 5.96. The van der Waals surface area contributed by atoms with Gasteiger partial charge < -0.3 is 14.2 Å². The Morgan fingerprint density at radius 3 is 2.71 bits per heavy atom. The molecule has 5 heteroatoms. The van der Waals surface area contributed by atoms with Crippen LogP contribution in [0, 0.1) is 7.11 Å². The van der Waals surface area contributed by atoms with E-state index in [0.29, 0.717) is 32.3 Å². The summed E-state index contributed by atoms with van der Waals surface area (Å²) in [5.41, 5.74) is 0. The Hall–Kier alpha value is -0.650. The maximum absolute atomic E-state index is 11.4. The molecule has 0 spiro atoms. The van der Waals surface area contributed by atoms with Crippen LogP contribution in [0.5, 0.6) is 0 Å². The highest BCUT2D eigenvalue weighted by Gasteiger charge is 2.11. The van der Waals surface area contributed by atoms with E-state index in [1.807, 2.05) is 6.92 Å². The van der Waals surface area contributed by atoms with Gasteiger partial charge in [0.1, 0.15) is 12.9 Å². The van der Waals surface area contributed by atoms with Gasteiger partial charge >= 0.3 is 5.97 Å². The third-order valence-corrected chi connectivity index (χ3v) is 2.26. The van der Waals surface area contributed by atoms with Gasteiger partial charge in [-0.1, -0.05) is 6.92 Å².